The molecule has 1 aliphatic heterocycles. The number of hydrogen-bond donors (Lipinski definition) is 2. The molecule has 1 saturated heterocycles. The smallest absolute Gasteiger partial charge is 0.246 e. The predicted molar refractivity (Wildman–Crippen MR) is 110 cm³/mol. The first-order valence-electron chi connectivity index (χ1n) is 10.7. The maximum atomic E-state index is 14.7. The van der Waals surface area contributed by atoms with Gasteiger partial charge < -0.3 is 15.5 Å². The molecule has 1 aromatic carbocycles. The van der Waals surface area contributed by atoms with Gasteiger partial charge in [0.05, 0.1) is 5.69 Å². The highest BCUT2D eigenvalue weighted by atomic mass is 19.1. The number of amides is 2. The summed E-state index contributed by atoms with van der Waals surface area (Å²) >= 11 is 0. The maximum Gasteiger partial charge on any atom is 0.246 e. The number of benzene rings is 1. The molecule has 28 heavy (non-hydrogen) atoms. The van der Waals surface area contributed by atoms with Crippen molar-refractivity contribution in [2.75, 3.05) is 23.3 Å². The van der Waals surface area contributed by atoms with E-state index < -0.39 is 6.04 Å². The minimum absolute atomic E-state index is 0.0183. The van der Waals surface area contributed by atoms with Gasteiger partial charge in [-0.05, 0) is 50.8 Å². The third kappa shape index (κ3) is 5.46. The van der Waals surface area contributed by atoms with Crippen LogP contribution in [-0.4, -0.2) is 30.9 Å². The Kier molecular flexibility index (Phi) is 7.29. The highest BCUT2D eigenvalue weighted by molar-refractivity contribution is 5.97. The van der Waals surface area contributed by atoms with Gasteiger partial charge in [0.2, 0.25) is 11.8 Å². The van der Waals surface area contributed by atoms with E-state index in [2.05, 4.69) is 15.5 Å². The second kappa shape index (κ2) is 9.89. The molecule has 2 aliphatic rings. The zero-order valence-corrected chi connectivity index (χ0v) is 16.8. The van der Waals surface area contributed by atoms with Crippen LogP contribution in [0, 0.1) is 11.7 Å². The van der Waals surface area contributed by atoms with E-state index in [0.717, 1.165) is 51.6 Å². The van der Waals surface area contributed by atoms with Gasteiger partial charge in [-0.15, -0.1) is 0 Å². The van der Waals surface area contributed by atoms with Gasteiger partial charge in [0, 0.05) is 24.7 Å². The average molecular weight is 390 g/mol. The van der Waals surface area contributed by atoms with Crippen molar-refractivity contribution >= 4 is 23.2 Å². The van der Waals surface area contributed by atoms with Crippen molar-refractivity contribution in [3.05, 3.63) is 24.0 Å². The van der Waals surface area contributed by atoms with Crippen LogP contribution in [-0.2, 0) is 9.59 Å². The summed E-state index contributed by atoms with van der Waals surface area (Å²) in [4.78, 5) is 26.7. The van der Waals surface area contributed by atoms with E-state index in [9.17, 15) is 14.0 Å². The SMILES string of the molecule is CC(NC(=O)C1CCCC1)C(=O)Nc1ccc(N2CCCCCCC2)c(F)c1. The molecule has 3 rings (SSSR count). The number of hydrogen-bond acceptors (Lipinski definition) is 3. The number of nitrogens with zero attached hydrogens (tertiary/aromatic N) is 1. The average Bonchev–Trinajstić information content (AvgIpc) is 3.17. The van der Waals surface area contributed by atoms with Crippen molar-refractivity contribution in [2.45, 2.75) is 70.8 Å². The van der Waals surface area contributed by atoms with Crippen molar-refractivity contribution < 1.29 is 14.0 Å². The van der Waals surface area contributed by atoms with Crippen LogP contribution < -0.4 is 15.5 Å². The molecule has 2 fully saturated rings. The molecule has 2 amide bonds. The molecule has 1 unspecified atom stereocenters. The molecule has 0 spiro atoms. The Labute approximate surface area is 167 Å². The van der Waals surface area contributed by atoms with Gasteiger partial charge in [-0.1, -0.05) is 32.1 Å². The number of rotatable bonds is 5. The van der Waals surface area contributed by atoms with Gasteiger partial charge in [0.15, 0.2) is 0 Å². The van der Waals surface area contributed by atoms with E-state index in [0.29, 0.717) is 11.4 Å². The maximum absolute atomic E-state index is 14.7. The zero-order valence-electron chi connectivity index (χ0n) is 16.8. The molecule has 2 N–H and O–H groups in total. The molecular weight excluding hydrogens is 357 g/mol. The fourth-order valence-corrected chi connectivity index (χ4v) is 4.16. The lowest BCUT2D eigenvalue weighted by molar-refractivity contribution is -0.128. The van der Waals surface area contributed by atoms with Crippen LogP contribution in [0.5, 0.6) is 0 Å². The van der Waals surface area contributed by atoms with Crippen LogP contribution in [0.1, 0.15) is 64.7 Å². The summed E-state index contributed by atoms with van der Waals surface area (Å²) in [6, 6.07) is 4.21. The molecule has 1 atom stereocenters. The standard InChI is InChI=1S/C22H32FN3O2/c1-16(24-22(28)17-9-5-6-10-17)21(27)25-18-11-12-20(19(23)15-18)26-13-7-3-2-4-8-14-26/h11-12,15-17H,2-10,13-14H2,1H3,(H,24,28)(H,25,27). The van der Waals surface area contributed by atoms with Crippen LogP contribution in [0.15, 0.2) is 18.2 Å². The summed E-state index contributed by atoms with van der Waals surface area (Å²) in [5, 5.41) is 5.50. The number of nitrogens with one attached hydrogen (secondary N) is 2. The summed E-state index contributed by atoms with van der Waals surface area (Å²) in [5.74, 6) is -0.686. The van der Waals surface area contributed by atoms with Gasteiger partial charge in [0.1, 0.15) is 11.9 Å². The first-order chi connectivity index (χ1) is 13.5. The summed E-state index contributed by atoms with van der Waals surface area (Å²) < 4.78 is 14.7. The van der Waals surface area contributed by atoms with Crippen LogP contribution in [0.25, 0.3) is 0 Å². The molecule has 6 heteroatoms. The number of carbonyl (C=O) groups is 2. The Bertz CT molecular complexity index is 680. The lowest BCUT2D eigenvalue weighted by Crippen LogP contribution is -2.43. The quantitative estimate of drug-likeness (QED) is 0.792. The Morgan fingerprint density at radius 3 is 2.32 bits per heavy atom. The Balaban J connectivity index is 1.56. The second-order valence-electron chi connectivity index (χ2n) is 8.12. The van der Waals surface area contributed by atoms with E-state index in [-0.39, 0.29) is 23.5 Å². The molecule has 1 heterocycles. The Morgan fingerprint density at radius 2 is 1.68 bits per heavy atom. The first kappa shape index (κ1) is 20.6. The molecule has 1 aromatic rings. The summed E-state index contributed by atoms with van der Waals surface area (Å²) in [5.41, 5.74) is 1.02. The lowest BCUT2D eigenvalue weighted by Gasteiger charge is -2.27. The highest BCUT2D eigenvalue weighted by Crippen LogP contribution is 2.26. The second-order valence-corrected chi connectivity index (χ2v) is 8.12. The molecule has 0 aromatic heterocycles. The molecule has 0 bridgehead atoms. The number of carbonyl (C=O) groups excluding carboxylic acids is 2. The van der Waals surface area contributed by atoms with Gasteiger partial charge in [-0.2, -0.15) is 0 Å². The fraction of sp³-hybridized carbons (Fsp3) is 0.636. The molecule has 154 valence electrons. The summed E-state index contributed by atoms with van der Waals surface area (Å²) in [7, 11) is 0. The van der Waals surface area contributed by atoms with E-state index in [1.54, 1.807) is 19.1 Å². The van der Waals surface area contributed by atoms with E-state index in [1.807, 2.05) is 0 Å². The Morgan fingerprint density at radius 1 is 1.04 bits per heavy atom. The predicted octanol–water partition coefficient (Wildman–Crippen LogP) is 4.23. The minimum atomic E-state index is -0.648. The minimum Gasteiger partial charge on any atom is -0.369 e. The van der Waals surface area contributed by atoms with Gasteiger partial charge in [-0.3, -0.25) is 9.59 Å². The fourth-order valence-electron chi connectivity index (χ4n) is 4.16. The molecule has 0 radical (unpaired) electrons. The third-order valence-electron chi connectivity index (χ3n) is 5.89. The first-order valence-corrected chi connectivity index (χ1v) is 10.7. The van der Waals surface area contributed by atoms with Crippen molar-refractivity contribution in [2.24, 2.45) is 5.92 Å². The summed E-state index contributed by atoms with van der Waals surface area (Å²) in [6.45, 7) is 3.40. The number of halogens is 1. The largest absolute Gasteiger partial charge is 0.369 e. The lowest BCUT2D eigenvalue weighted by atomic mass is 10.1. The molecule has 1 aliphatic carbocycles. The van der Waals surface area contributed by atoms with Gasteiger partial charge in [0.25, 0.3) is 0 Å². The van der Waals surface area contributed by atoms with E-state index in [4.69, 9.17) is 0 Å². The van der Waals surface area contributed by atoms with Crippen LogP contribution >= 0.6 is 0 Å². The van der Waals surface area contributed by atoms with Crippen LogP contribution in [0.2, 0.25) is 0 Å². The monoisotopic (exact) mass is 389 g/mol. The molecule has 1 saturated carbocycles. The zero-order chi connectivity index (χ0) is 19.9. The number of anilines is 2. The van der Waals surface area contributed by atoms with E-state index >= 15 is 0 Å². The molecular formula is C22H32FN3O2. The van der Waals surface area contributed by atoms with Gasteiger partial charge in [-0.25, -0.2) is 4.39 Å². The van der Waals surface area contributed by atoms with Gasteiger partial charge >= 0.3 is 0 Å². The van der Waals surface area contributed by atoms with Crippen LogP contribution in [0.4, 0.5) is 15.8 Å². The Hall–Kier alpha value is -2.11. The molecule has 5 nitrogen and oxygen atoms in total. The highest BCUT2D eigenvalue weighted by Gasteiger charge is 2.25. The summed E-state index contributed by atoms with van der Waals surface area (Å²) in [6.07, 6.45) is 9.73. The van der Waals surface area contributed by atoms with E-state index in [1.165, 1.54) is 25.3 Å². The van der Waals surface area contributed by atoms with Crippen molar-refractivity contribution in [3.63, 3.8) is 0 Å². The van der Waals surface area contributed by atoms with Crippen molar-refractivity contribution in [1.29, 1.82) is 0 Å². The van der Waals surface area contributed by atoms with Crippen molar-refractivity contribution in [1.82, 2.24) is 5.32 Å². The topological polar surface area (TPSA) is 61.4 Å². The normalized spacial score (nSPS) is 19.6. The van der Waals surface area contributed by atoms with Crippen molar-refractivity contribution in [3.8, 4) is 0 Å². The van der Waals surface area contributed by atoms with Crippen LogP contribution in [0.3, 0.4) is 0 Å². The third-order valence-corrected chi connectivity index (χ3v) is 5.89.